The predicted octanol–water partition coefficient (Wildman–Crippen LogP) is 2.94. The molecule has 3 rings (SSSR count). The average molecular weight is 443 g/mol. The highest BCUT2D eigenvalue weighted by molar-refractivity contribution is 6.08. The van der Waals surface area contributed by atoms with Gasteiger partial charge in [-0.1, -0.05) is 0 Å². The summed E-state index contributed by atoms with van der Waals surface area (Å²) in [5.74, 6) is -1.32. The molecule has 0 unspecified atom stereocenters. The first-order valence-electron chi connectivity index (χ1n) is 10.4. The molecule has 1 amide bonds. The summed E-state index contributed by atoms with van der Waals surface area (Å²) < 4.78 is 24.3. The maximum Gasteiger partial charge on any atom is 0.219 e. The molecule has 0 radical (unpaired) electrons. The lowest BCUT2D eigenvalue weighted by molar-refractivity contribution is -0.133. The minimum Gasteiger partial charge on any atom is -0.496 e. The molecule has 0 saturated carbocycles. The number of aromatic nitrogens is 2. The smallest absolute Gasteiger partial charge is 0.219 e. The van der Waals surface area contributed by atoms with E-state index in [9.17, 15) is 18.8 Å². The molecule has 1 saturated heterocycles. The van der Waals surface area contributed by atoms with Gasteiger partial charge in [0, 0.05) is 38.4 Å². The van der Waals surface area contributed by atoms with Crippen molar-refractivity contribution in [1.82, 2.24) is 14.9 Å². The molecule has 1 aromatic heterocycles. The van der Waals surface area contributed by atoms with Gasteiger partial charge in [-0.2, -0.15) is 0 Å². The zero-order valence-corrected chi connectivity index (χ0v) is 18.4. The highest BCUT2D eigenvalue weighted by Gasteiger charge is 2.34. The van der Waals surface area contributed by atoms with Gasteiger partial charge in [-0.15, -0.1) is 0 Å². The van der Waals surface area contributed by atoms with Gasteiger partial charge < -0.3 is 14.4 Å². The number of ketones is 2. The Morgan fingerprint density at radius 1 is 1.00 bits per heavy atom. The van der Waals surface area contributed by atoms with Crippen molar-refractivity contribution in [1.29, 1.82) is 0 Å². The standard InChI is InChI=1S/C23H26FN3O5/c1-14(28)27-8-4-6-17(29)21(18(30)7-5-9-27)22-19(31-2)10-15(11-20(22)32-3)23-25-12-16(24)13-26-23/h10-13,21H,4-9H2,1-3H3. The van der Waals surface area contributed by atoms with Crippen molar-refractivity contribution >= 4 is 17.5 Å². The molecule has 1 aliphatic heterocycles. The van der Waals surface area contributed by atoms with Crippen LogP contribution in [0.15, 0.2) is 24.5 Å². The Morgan fingerprint density at radius 3 is 1.94 bits per heavy atom. The number of amides is 1. The minimum atomic E-state index is -1.04. The first-order valence-corrected chi connectivity index (χ1v) is 10.4. The Balaban J connectivity index is 2.01. The molecule has 0 bridgehead atoms. The number of nitrogens with zero attached hydrogens (tertiary/aromatic N) is 3. The van der Waals surface area contributed by atoms with Crippen molar-refractivity contribution in [2.75, 3.05) is 27.3 Å². The maximum absolute atomic E-state index is 13.2. The van der Waals surface area contributed by atoms with Gasteiger partial charge in [0.05, 0.1) is 32.2 Å². The zero-order valence-electron chi connectivity index (χ0n) is 18.4. The Hall–Kier alpha value is -3.36. The van der Waals surface area contributed by atoms with E-state index in [-0.39, 0.29) is 36.1 Å². The van der Waals surface area contributed by atoms with Crippen LogP contribution in [0.2, 0.25) is 0 Å². The van der Waals surface area contributed by atoms with E-state index in [4.69, 9.17) is 9.47 Å². The number of benzene rings is 1. The van der Waals surface area contributed by atoms with Crippen LogP contribution in [0.4, 0.5) is 4.39 Å². The molecule has 170 valence electrons. The van der Waals surface area contributed by atoms with Crippen LogP contribution in [0, 0.1) is 5.82 Å². The number of Topliss-reactive ketones (excluding diaryl/α,β-unsaturated/α-hetero) is 2. The van der Waals surface area contributed by atoms with Crippen LogP contribution < -0.4 is 9.47 Å². The topological polar surface area (TPSA) is 98.7 Å². The van der Waals surface area contributed by atoms with Crippen molar-refractivity contribution in [2.45, 2.75) is 38.5 Å². The van der Waals surface area contributed by atoms with E-state index in [0.717, 1.165) is 12.4 Å². The summed E-state index contributed by atoms with van der Waals surface area (Å²) in [6.07, 6.45) is 3.33. The molecule has 0 spiro atoms. The largest absolute Gasteiger partial charge is 0.496 e. The van der Waals surface area contributed by atoms with Crippen LogP contribution >= 0.6 is 0 Å². The fourth-order valence-electron chi connectivity index (χ4n) is 3.92. The molecule has 2 heterocycles. The van der Waals surface area contributed by atoms with Gasteiger partial charge in [0.25, 0.3) is 0 Å². The van der Waals surface area contributed by atoms with Gasteiger partial charge in [-0.05, 0) is 25.0 Å². The van der Waals surface area contributed by atoms with E-state index in [1.807, 2.05) is 0 Å². The van der Waals surface area contributed by atoms with Crippen molar-refractivity contribution in [2.24, 2.45) is 0 Å². The second kappa shape index (κ2) is 10.3. The summed E-state index contributed by atoms with van der Waals surface area (Å²) in [6, 6.07) is 3.23. The molecular formula is C23H26FN3O5. The van der Waals surface area contributed by atoms with E-state index in [0.29, 0.717) is 48.6 Å². The first-order chi connectivity index (χ1) is 15.3. The molecule has 32 heavy (non-hydrogen) atoms. The van der Waals surface area contributed by atoms with Gasteiger partial charge >= 0.3 is 0 Å². The van der Waals surface area contributed by atoms with Gasteiger partial charge in [0.1, 0.15) is 29.0 Å². The summed E-state index contributed by atoms with van der Waals surface area (Å²) in [6.45, 7) is 2.43. The summed E-state index contributed by atoms with van der Waals surface area (Å²) in [5, 5.41) is 0. The molecule has 1 aromatic carbocycles. The number of hydrogen-bond donors (Lipinski definition) is 0. The third kappa shape index (κ3) is 5.09. The third-order valence-corrected chi connectivity index (χ3v) is 5.50. The molecule has 1 fully saturated rings. The van der Waals surface area contributed by atoms with Crippen LogP contribution in [-0.2, 0) is 14.4 Å². The maximum atomic E-state index is 13.2. The van der Waals surface area contributed by atoms with Crippen molar-refractivity contribution in [3.05, 3.63) is 35.9 Å². The summed E-state index contributed by atoms with van der Waals surface area (Å²) in [4.78, 5) is 47.7. The fraction of sp³-hybridized carbons (Fsp3) is 0.435. The van der Waals surface area contributed by atoms with Crippen LogP contribution in [0.3, 0.4) is 0 Å². The van der Waals surface area contributed by atoms with E-state index in [1.165, 1.54) is 21.1 Å². The van der Waals surface area contributed by atoms with E-state index >= 15 is 0 Å². The zero-order chi connectivity index (χ0) is 23.3. The van der Waals surface area contributed by atoms with Gasteiger partial charge in [0.2, 0.25) is 5.91 Å². The molecule has 0 atom stereocenters. The van der Waals surface area contributed by atoms with Gasteiger partial charge in [0.15, 0.2) is 11.6 Å². The number of methoxy groups -OCH3 is 2. The lowest BCUT2D eigenvalue weighted by atomic mass is 9.84. The molecule has 0 aliphatic carbocycles. The molecule has 1 aliphatic rings. The van der Waals surface area contributed by atoms with Crippen molar-refractivity contribution in [3.63, 3.8) is 0 Å². The highest BCUT2D eigenvalue weighted by Crippen LogP contribution is 2.41. The molecule has 0 N–H and O–H groups in total. The summed E-state index contributed by atoms with van der Waals surface area (Å²) in [5.41, 5.74) is 0.860. The lowest BCUT2D eigenvalue weighted by Gasteiger charge is -2.25. The van der Waals surface area contributed by atoms with Gasteiger partial charge in [-0.25, -0.2) is 14.4 Å². The van der Waals surface area contributed by atoms with E-state index in [1.54, 1.807) is 17.0 Å². The lowest BCUT2D eigenvalue weighted by Crippen LogP contribution is -2.34. The fourth-order valence-corrected chi connectivity index (χ4v) is 3.92. The Kier molecular flexibility index (Phi) is 7.50. The summed E-state index contributed by atoms with van der Waals surface area (Å²) in [7, 11) is 2.88. The number of carbonyl (C=O) groups is 3. The van der Waals surface area contributed by atoms with Crippen LogP contribution in [-0.4, -0.2) is 59.7 Å². The van der Waals surface area contributed by atoms with Gasteiger partial charge in [-0.3, -0.25) is 14.4 Å². The van der Waals surface area contributed by atoms with Crippen LogP contribution in [0.25, 0.3) is 11.4 Å². The number of carbonyl (C=O) groups excluding carboxylic acids is 3. The molecule has 2 aromatic rings. The number of ether oxygens (including phenoxy) is 2. The normalized spacial score (nSPS) is 16.1. The van der Waals surface area contributed by atoms with Crippen molar-refractivity contribution < 1.29 is 28.2 Å². The minimum absolute atomic E-state index is 0.0658. The second-order valence-electron chi connectivity index (χ2n) is 7.60. The van der Waals surface area contributed by atoms with Crippen LogP contribution in [0.1, 0.15) is 44.1 Å². The van der Waals surface area contributed by atoms with Crippen molar-refractivity contribution in [3.8, 4) is 22.9 Å². The monoisotopic (exact) mass is 443 g/mol. The highest BCUT2D eigenvalue weighted by atomic mass is 19.1. The number of hydrogen-bond acceptors (Lipinski definition) is 7. The Morgan fingerprint density at radius 2 is 1.50 bits per heavy atom. The summed E-state index contributed by atoms with van der Waals surface area (Å²) >= 11 is 0. The second-order valence-corrected chi connectivity index (χ2v) is 7.60. The average Bonchev–Trinajstić information content (AvgIpc) is 2.78. The number of halogens is 1. The molecular weight excluding hydrogens is 417 g/mol. The van der Waals surface area contributed by atoms with Crippen LogP contribution in [0.5, 0.6) is 11.5 Å². The SMILES string of the molecule is COc1cc(-c2ncc(F)cn2)cc(OC)c1C1C(=O)CCCN(C(C)=O)CCCC1=O. The molecule has 9 heteroatoms. The Labute approximate surface area is 185 Å². The first kappa shape index (κ1) is 23.3. The third-order valence-electron chi connectivity index (χ3n) is 5.50. The molecule has 8 nitrogen and oxygen atoms in total. The van der Waals surface area contributed by atoms with E-state index < -0.39 is 11.7 Å². The number of rotatable bonds is 4. The van der Waals surface area contributed by atoms with E-state index in [2.05, 4.69) is 9.97 Å². The predicted molar refractivity (Wildman–Crippen MR) is 114 cm³/mol. The quantitative estimate of drug-likeness (QED) is 0.670. The Bertz CT molecular complexity index is 962.